The molecule has 1 saturated heterocycles. The molecule has 0 saturated carbocycles. The molecule has 5 rings (SSSR count). The van der Waals surface area contributed by atoms with E-state index in [2.05, 4.69) is 10.00 Å². The van der Waals surface area contributed by atoms with Gasteiger partial charge in [-0.3, -0.25) is 4.79 Å². The van der Waals surface area contributed by atoms with Crippen molar-refractivity contribution >= 4 is 17.2 Å². The zero-order valence-electron chi connectivity index (χ0n) is 16.9. The molecule has 2 aliphatic rings. The van der Waals surface area contributed by atoms with Crippen molar-refractivity contribution in [3.8, 4) is 16.9 Å². The Morgan fingerprint density at radius 3 is 2.55 bits per heavy atom. The minimum atomic E-state index is -4.52. The molecule has 162 valence electrons. The highest BCUT2D eigenvalue weighted by molar-refractivity contribution is 7.10. The van der Waals surface area contributed by atoms with Crippen LogP contribution in [0.3, 0.4) is 0 Å². The summed E-state index contributed by atoms with van der Waals surface area (Å²) in [6, 6.07) is 7.33. The maximum atomic E-state index is 13.8. The first-order valence-corrected chi connectivity index (χ1v) is 11.1. The smallest absolute Gasteiger partial charge is 0.335 e. The Balaban J connectivity index is 1.68. The van der Waals surface area contributed by atoms with Crippen molar-refractivity contribution in [3.63, 3.8) is 0 Å². The van der Waals surface area contributed by atoms with Gasteiger partial charge in [-0.05, 0) is 43.5 Å². The van der Waals surface area contributed by atoms with Crippen LogP contribution in [-0.2, 0) is 19.0 Å². The van der Waals surface area contributed by atoms with Gasteiger partial charge in [0.1, 0.15) is 0 Å². The maximum absolute atomic E-state index is 13.8. The number of amides is 1. The number of rotatable bonds is 2. The van der Waals surface area contributed by atoms with E-state index >= 15 is 0 Å². The van der Waals surface area contributed by atoms with Gasteiger partial charge in [0, 0.05) is 42.2 Å². The zero-order chi connectivity index (χ0) is 21.8. The first-order chi connectivity index (χ1) is 14.8. The summed E-state index contributed by atoms with van der Waals surface area (Å²) in [5.74, 6) is -0.203. The van der Waals surface area contributed by atoms with Crippen LogP contribution in [0.4, 0.5) is 13.2 Å². The lowest BCUT2D eigenvalue weighted by atomic mass is 9.94. The highest BCUT2D eigenvalue weighted by Gasteiger charge is 2.37. The topological polar surface area (TPSA) is 41.4 Å². The molecular formula is C22H21F3N4OS. The Bertz CT molecular complexity index is 1140. The molecule has 0 radical (unpaired) electrons. The Hall–Kier alpha value is -2.65. The number of halogens is 3. The van der Waals surface area contributed by atoms with E-state index in [1.165, 1.54) is 16.8 Å². The SMILES string of the molecule is CN1CCN(C(=O)c2nn(-c3ccccc3C(F)(F)F)c3c2CCc2sccc2-3)CC1. The molecule has 0 atom stereocenters. The van der Waals surface area contributed by atoms with Gasteiger partial charge in [0.2, 0.25) is 0 Å². The minimum absolute atomic E-state index is 0.0530. The second-order valence-electron chi connectivity index (χ2n) is 7.96. The van der Waals surface area contributed by atoms with Gasteiger partial charge in [0.15, 0.2) is 5.69 Å². The van der Waals surface area contributed by atoms with E-state index in [4.69, 9.17) is 0 Å². The third kappa shape index (κ3) is 3.45. The molecule has 1 aliphatic carbocycles. The number of aromatic nitrogens is 2. The first kappa shape index (κ1) is 20.3. The number of benzene rings is 1. The van der Waals surface area contributed by atoms with Crippen LogP contribution in [0.15, 0.2) is 35.7 Å². The number of nitrogens with zero attached hydrogens (tertiary/aromatic N) is 4. The highest BCUT2D eigenvalue weighted by Crippen LogP contribution is 2.42. The maximum Gasteiger partial charge on any atom is 0.418 e. The van der Waals surface area contributed by atoms with E-state index in [1.54, 1.807) is 22.3 Å². The summed E-state index contributed by atoms with van der Waals surface area (Å²) >= 11 is 1.58. The van der Waals surface area contributed by atoms with Crippen molar-refractivity contribution in [2.75, 3.05) is 33.2 Å². The number of carbonyl (C=O) groups excluding carboxylic acids is 1. The van der Waals surface area contributed by atoms with Crippen molar-refractivity contribution < 1.29 is 18.0 Å². The molecule has 1 aromatic carbocycles. The van der Waals surface area contributed by atoms with E-state index in [-0.39, 0.29) is 17.3 Å². The molecule has 0 spiro atoms. The van der Waals surface area contributed by atoms with E-state index in [0.717, 1.165) is 41.6 Å². The molecule has 0 bridgehead atoms. The average Bonchev–Trinajstić information content (AvgIpc) is 3.37. The standard InChI is InChI=1S/C22H21F3N4OS/c1-27-9-11-28(12-10-27)21(30)19-15-6-7-18-14(8-13-31-18)20(15)29(26-19)17-5-3-2-4-16(17)22(23,24)25/h2-5,8,13H,6-7,9-12H2,1H3. The lowest BCUT2D eigenvalue weighted by molar-refractivity contribution is -0.137. The Kier molecular flexibility index (Phi) is 4.90. The predicted octanol–water partition coefficient (Wildman–Crippen LogP) is 4.11. The number of para-hydroxylation sites is 1. The number of piperazine rings is 1. The fourth-order valence-corrected chi connectivity index (χ4v) is 5.23. The molecule has 31 heavy (non-hydrogen) atoms. The largest absolute Gasteiger partial charge is 0.418 e. The van der Waals surface area contributed by atoms with Crippen LogP contribution < -0.4 is 0 Å². The van der Waals surface area contributed by atoms with Crippen molar-refractivity contribution in [1.29, 1.82) is 0 Å². The number of hydrogen-bond donors (Lipinski definition) is 0. The van der Waals surface area contributed by atoms with Crippen LogP contribution in [0.1, 0.15) is 26.5 Å². The molecular weight excluding hydrogens is 425 g/mol. The highest BCUT2D eigenvalue weighted by atomic mass is 32.1. The Morgan fingerprint density at radius 2 is 1.81 bits per heavy atom. The second kappa shape index (κ2) is 7.49. The van der Waals surface area contributed by atoms with Gasteiger partial charge >= 0.3 is 6.18 Å². The third-order valence-electron chi connectivity index (χ3n) is 6.02. The summed E-state index contributed by atoms with van der Waals surface area (Å²) in [4.78, 5) is 18.4. The van der Waals surface area contributed by atoms with Crippen molar-refractivity contribution in [2.24, 2.45) is 0 Å². The second-order valence-corrected chi connectivity index (χ2v) is 8.96. The van der Waals surface area contributed by atoms with Gasteiger partial charge in [-0.25, -0.2) is 4.68 Å². The Morgan fingerprint density at radius 1 is 1.06 bits per heavy atom. The Labute approximate surface area is 181 Å². The quantitative estimate of drug-likeness (QED) is 0.595. The van der Waals surface area contributed by atoms with Crippen molar-refractivity contribution in [2.45, 2.75) is 19.0 Å². The molecule has 2 aromatic heterocycles. The summed E-state index contributed by atoms with van der Waals surface area (Å²) in [5, 5.41) is 6.46. The van der Waals surface area contributed by atoms with Crippen LogP contribution in [0.2, 0.25) is 0 Å². The van der Waals surface area contributed by atoms with Gasteiger partial charge in [-0.15, -0.1) is 11.3 Å². The fourth-order valence-electron chi connectivity index (χ4n) is 4.35. The van der Waals surface area contributed by atoms with Crippen LogP contribution in [-0.4, -0.2) is 58.7 Å². The normalized spacial score (nSPS) is 16.8. The number of hydrogen-bond acceptors (Lipinski definition) is 4. The van der Waals surface area contributed by atoms with E-state index in [0.29, 0.717) is 25.2 Å². The minimum Gasteiger partial charge on any atom is -0.335 e. The summed E-state index contributed by atoms with van der Waals surface area (Å²) in [6.45, 7) is 2.69. The van der Waals surface area contributed by atoms with Gasteiger partial charge in [0.25, 0.3) is 5.91 Å². The molecule has 1 aliphatic heterocycles. The lowest BCUT2D eigenvalue weighted by Crippen LogP contribution is -2.47. The average molecular weight is 446 g/mol. The van der Waals surface area contributed by atoms with Crippen molar-refractivity contribution in [3.05, 3.63) is 57.4 Å². The number of likely N-dealkylation sites (N-methyl/N-ethyl adjacent to an activating group) is 1. The number of thiophene rings is 1. The molecule has 3 aromatic rings. The first-order valence-electron chi connectivity index (χ1n) is 10.2. The predicted molar refractivity (Wildman–Crippen MR) is 113 cm³/mol. The number of aryl methyl sites for hydroxylation is 1. The van der Waals surface area contributed by atoms with Gasteiger partial charge in [0.05, 0.1) is 16.9 Å². The molecule has 1 fully saturated rings. The third-order valence-corrected chi connectivity index (χ3v) is 7.00. The number of fused-ring (bicyclic) bond motifs is 3. The fraction of sp³-hybridized carbons (Fsp3) is 0.364. The summed E-state index contributed by atoms with van der Waals surface area (Å²) in [5.41, 5.74) is 1.67. The van der Waals surface area contributed by atoms with Crippen LogP contribution in [0, 0.1) is 0 Å². The van der Waals surface area contributed by atoms with Crippen LogP contribution in [0.5, 0.6) is 0 Å². The van der Waals surface area contributed by atoms with Crippen LogP contribution >= 0.6 is 11.3 Å². The summed E-state index contributed by atoms with van der Waals surface area (Å²) in [6.07, 6.45) is -3.18. The number of carbonyl (C=O) groups is 1. The molecule has 9 heteroatoms. The van der Waals surface area contributed by atoms with E-state index in [9.17, 15) is 18.0 Å². The van der Waals surface area contributed by atoms with Crippen LogP contribution in [0.25, 0.3) is 16.9 Å². The molecule has 1 amide bonds. The van der Waals surface area contributed by atoms with Gasteiger partial charge in [-0.2, -0.15) is 18.3 Å². The lowest BCUT2D eigenvalue weighted by Gasteiger charge is -2.32. The van der Waals surface area contributed by atoms with Gasteiger partial charge < -0.3 is 9.80 Å². The number of alkyl halides is 3. The van der Waals surface area contributed by atoms with Gasteiger partial charge in [-0.1, -0.05) is 12.1 Å². The van der Waals surface area contributed by atoms with E-state index in [1.807, 2.05) is 18.5 Å². The zero-order valence-corrected chi connectivity index (χ0v) is 17.8. The summed E-state index contributed by atoms with van der Waals surface area (Å²) in [7, 11) is 2.00. The molecule has 0 unspecified atom stereocenters. The molecule has 3 heterocycles. The molecule has 5 nitrogen and oxygen atoms in total. The van der Waals surface area contributed by atoms with Crippen molar-refractivity contribution in [1.82, 2.24) is 19.6 Å². The molecule has 0 N–H and O–H groups in total. The monoisotopic (exact) mass is 446 g/mol. The van der Waals surface area contributed by atoms with E-state index < -0.39 is 11.7 Å². The summed E-state index contributed by atoms with van der Waals surface area (Å²) < 4.78 is 42.7.